The molecule has 0 saturated heterocycles. The standard InChI is InChI=1S/C20H19FN2O3/c1-20(2,3)15-6-5-12(9-17(15)24)23-19(26)14-10-22-16-7-4-11(21)8-13(16)18(14)25/h4-10,24H,1-3H3,(H,22,25)(H,23,26). The minimum Gasteiger partial charge on any atom is -0.508 e. The van der Waals surface area contributed by atoms with Gasteiger partial charge in [-0.15, -0.1) is 0 Å². The summed E-state index contributed by atoms with van der Waals surface area (Å²) in [6.07, 6.45) is 1.29. The Kier molecular flexibility index (Phi) is 4.28. The van der Waals surface area contributed by atoms with Crippen LogP contribution in [0, 0.1) is 5.82 Å². The van der Waals surface area contributed by atoms with Crippen molar-refractivity contribution in [2.45, 2.75) is 26.2 Å². The lowest BCUT2D eigenvalue weighted by Crippen LogP contribution is -2.22. The summed E-state index contributed by atoms with van der Waals surface area (Å²) in [4.78, 5) is 27.7. The topological polar surface area (TPSA) is 82.2 Å². The zero-order chi connectivity index (χ0) is 19.1. The molecule has 6 heteroatoms. The van der Waals surface area contributed by atoms with E-state index in [9.17, 15) is 19.1 Å². The SMILES string of the molecule is CC(C)(C)c1ccc(NC(=O)c2c[nH]c3ccc(F)cc3c2=O)cc1O. The van der Waals surface area contributed by atoms with Crippen molar-refractivity contribution < 1.29 is 14.3 Å². The molecule has 1 heterocycles. The van der Waals surface area contributed by atoms with E-state index < -0.39 is 17.2 Å². The Morgan fingerprint density at radius 3 is 2.54 bits per heavy atom. The largest absolute Gasteiger partial charge is 0.508 e. The van der Waals surface area contributed by atoms with E-state index >= 15 is 0 Å². The molecule has 1 aromatic heterocycles. The molecule has 5 nitrogen and oxygen atoms in total. The quantitative estimate of drug-likeness (QED) is 0.652. The summed E-state index contributed by atoms with van der Waals surface area (Å²) in [5.74, 6) is -1.13. The van der Waals surface area contributed by atoms with Gasteiger partial charge < -0.3 is 15.4 Å². The fourth-order valence-electron chi connectivity index (χ4n) is 2.80. The number of benzene rings is 2. The lowest BCUT2D eigenvalue weighted by molar-refractivity contribution is 0.102. The molecule has 0 atom stereocenters. The maximum Gasteiger partial charge on any atom is 0.261 e. The molecule has 0 saturated carbocycles. The van der Waals surface area contributed by atoms with E-state index in [2.05, 4.69) is 10.3 Å². The highest BCUT2D eigenvalue weighted by atomic mass is 19.1. The number of aromatic hydroxyl groups is 1. The van der Waals surface area contributed by atoms with Gasteiger partial charge in [-0.3, -0.25) is 9.59 Å². The molecule has 0 fully saturated rings. The molecule has 0 aliphatic rings. The number of phenols is 1. The first kappa shape index (κ1) is 17.7. The first-order valence-electron chi connectivity index (χ1n) is 8.12. The van der Waals surface area contributed by atoms with Gasteiger partial charge in [0.05, 0.1) is 0 Å². The number of phenolic OH excluding ortho intramolecular Hbond substituents is 1. The Bertz CT molecular complexity index is 1060. The number of hydrogen-bond acceptors (Lipinski definition) is 3. The number of H-pyrrole nitrogens is 1. The Hall–Kier alpha value is -3.15. The third kappa shape index (κ3) is 3.31. The minimum atomic E-state index is -0.639. The lowest BCUT2D eigenvalue weighted by atomic mass is 9.86. The molecule has 0 aliphatic heterocycles. The summed E-state index contributed by atoms with van der Waals surface area (Å²) in [6, 6.07) is 8.59. The number of carbonyl (C=O) groups excluding carboxylic acids is 1. The average molecular weight is 354 g/mol. The highest BCUT2D eigenvalue weighted by Gasteiger charge is 2.19. The second-order valence-corrected chi connectivity index (χ2v) is 7.16. The summed E-state index contributed by atoms with van der Waals surface area (Å²) in [5.41, 5.74) is 0.606. The normalized spacial score (nSPS) is 11.5. The van der Waals surface area contributed by atoms with Gasteiger partial charge in [0.1, 0.15) is 17.1 Å². The van der Waals surface area contributed by atoms with Crippen molar-refractivity contribution in [3.63, 3.8) is 0 Å². The summed E-state index contributed by atoms with van der Waals surface area (Å²) in [7, 11) is 0. The highest BCUT2D eigenvalue weighted by Crippen LogP contribution is 2.32. The van der Waals surface area contributed by atoms with Gasteiger partial charge in [-0.1, -0.05) is 26.8 Å². The van der Waals surface area contributed by atoms with Gasteiger partial charge >= 0.3 is 0 Å². The van der Waals surface area contributed by atoms with E-state index in [1.807, 2.05) is 20.8 Å². The first-order chi connectivity index (χ1) is 12.2. The number of anilines is 1. The highest BCUT2D eigenvalue weighted by molar-refractivity contribution is 6.05. The van der Waals surface area contributed by atoms with Crippen molar-refractivity contribution in [2.24, 2.45) is 0 Å². The predicted octanol–water partition coefficient (Wildman–Crippen LogP) is 3.92. The molecule has 3 aromatic rings. The van der Waals surface area contributed by atoms with Crippen LogP contribution in [0.4, 0.5) is 10.1 Å². The summed E-state index contributed by atoms with van der Waals surface area (Å²) in [6.45, 7) is 5.90. The van der Waals surface area contributed by atoms with Crippen LogP contribution in [0.2, 0.25) is 0 Å². The van der Waals surface area contributed by atoms with Crippen LogP contribution in [0.15, 0.2) is 47.4 Å². The molecule has 134 valence electrons. The summed E-state index contributed by atoms with van der Waals surface area (Å²) in [5, 5.41) is 12.9. The Labute approximate surface area is 149 Å². The fourth-order valence-corrected chi connectivity index (χ4v) is 2.80. The second kappa shape index (κ2) is 6.29. The molecule has 0 unspecified atom stereocenters. The van der Waals surface area contributed by atoms with E-state index in [0.29, 0.717) is 11.2 Å². The number of rotatable bonds is 2. The van der Waals surface area contributed by atoms with E-state index in [0.717, 1.165) is 11.6 Å². The maximum atomic E-state index is 13.4. The molecule has 0 aliphatic carbocycles. The van der Waals surface area contributed by atoms with Gasteiger partial charge in [0.25, 0.3) is 5.91 Å². The zero-order valence-corrected chi connectivity index (χ0v) is 14.7. The molecule has 1 amide bonds. The molecular weight excluding hydrogens is 335 g/mol. The van der Waals surface area contributed by atoms with Gasteiger partial charge in [0.2, 0.25) is 5.43 Å². The molecule has 3 rings (SSSR count). The van der Waals surface area contributed by atoms with Crippen LogP contribution in [-0.2, 0) is 5.41 Å². The first-order valence-corrected chi connectivity index (χ1v) is 8.12. The molecule has 3 N–H and O–H groups in total. The molecule has 0 bridgehead atoms. The van der Waals surface area contributed by atoms with Crippen molar-refractivity contribution in [3.05, 3.63) is 69.8 Å². The maximum absolute atomic E-state index is 13.4. The Balaban J connectivity index is 1.94. The molecule has 2 aromatic carbocycles. The van der Waals surface area contributed by atoms with Gasteiger partial charge in [-0.2, -0.15) is 0 Å². The van der Waals surface area contributed by atoms with Crippen LogP contribution in [0.5, 0.6) is 5.75 Å². The lowest BCUT2D eigenvalue weighted by Gasteiger charge is -2.20. The van der Waals surface area contributed by atoms with Gasteiger partial charge in [0.15, 0.2) is 0 Å². The van der Waals surface area contributed by atoms with Crippen LogP contribution >= 0.6 is 0 Å². The van der Waals surface area contributed by atoms with Crippen molar-refractivity contribution >= 4 is 22.5 Å². The second-order valence-electron chi connectivity index (χ2n) is 7.16. The van der Waals surface area contributed by atoms with E-state index in [4.69, 9.17) is 0 Å². The van der Waals surface area contributed by atoms with E-state index in [1.165, 1.54) is 24.4 Å². The van der Waals surface area contributed by atoms with Crippen LogP contribution in [-0.4, -0.2) is 16.0 Å². The molecule has 26 heavy (non-hydrogen) atoms. The number of aromatic nitrogens is 1. The van der Waals surface area contributed by atoms with Crippen LogP contribution < -0.4 is 10.7 Å². The number of carbonyl (C=O) groups is 1. The van der Waals surface area contributed by atoms with Crippen LogP contribution in [0.1, 0.15) is 36.7 Å². The monoisotopic (exact) mass is 354 g/mol. The van der Waals surface area contributed by atoms with E-state index in [-0.39, 0.29) is 22.1 Å². The van der Waals surface area contributed by atoms with Crippen LogP contribution in [0.25, 0.3) is 10.9 Å². The smallest absolute Gasteiger partial charge is 0.261 e. The Morgan fingerprint density at radius 1 is 1.15 bits per heavy atom. The summed E-state index contributed by atoms with van der Waals surface area (Å²) >= 11 is 0. The third-order valence-corrected chi connectivity index (χ3v) is 4.15. The van der Waals surface area contributed by atoms with Crippen molar-refractivity contribution in [3.8, 4) is 5.75 Å². The molecule has 0 radical (unpaired) electrons. The minimum absolute atomic E-state index is 0.0600. The number of fused-ring (bicyclic) bond motifs is 1. The summed E-state index contributed by atoms with van der Waals surface area (Å²) < 4.78 is 13.4. The predicted molar refractivity (Wildman–Crippen MR) is 99.3 cm³/mol. The molecule has 0 spiro atoms. The number of halogens is 1. The Morgan fingerprint density at radius 2 is 1.88 bits per heavy atom. The molecular formula is C20H19FN2O3. The van der Waals surface area contributed by atoms with Crippen molar-refractivity contribution in [1.29, 1.82) is 0 Å². The van der Waals surface area contributed by atoms with Gasteiger partial charge in [-0.05, 0) is 35.2 Å². The van der Waals surface area contributed by atoms with Crippen molar-refractivity contribution in [1.82, 2.24) is 4.98 Å². The third-order valence-electron chi connectivity index (χ3n) is 4.15. The van der Waals surface area contributed by atoms with Crippen molar-refractivity contribution in [2.75, 3.05) is 5.32 Å². The van der Waals surface area contributed by atoms with Crippen LogP contribution in [0.3, 0.4) is 0 Å². The number of nitrogens with one attached hydrogen (secondary N) is 2. The van der Waals surface area contributed by atoms with Gasteiger partial charge in [0, 0.05) is 28.9 Å². The number of amides is 1. The number of hydrogen-bond donors (Lipinski definition) is 3. The zero-order valence-electron chi connectivity index (χ0n) is 14.7. The average Bonchev–Trinajstić information content (AvgIpc) is 2.54. The van der Waals surface area contributed by atoms with Gasteiger partial charge in [-0.25, -0.2) is 4.39 Å². The number of pyridine rings is 1. The van der Waals surface area contributed by atoms with E-state index in [1.54, 1.807) is 12.1 Å². The number of aromatic amines is 1. The fraction of sp³-hybridized carbons (Fsp3) is 0.200.